The van der Waals surface area contributed by atoms with Crippen molar-refractivity contribution in [1.29, 1.82) is 0 Å². The number of aldehydes is 1. The predicted molar refractivity (Wildman–Crippen MR) is 103 cm³/mol. The molecule has 0 atom stereocenters. The minimum absolute atomic E-state index is 0.115. The van der Waals surface area contributed by atoms with Crippen LogP contribution in [0.2, 0.25) is 0 Å². The van der Waals surface area contributed by atoms with Crippen LogP contribution in [0.15, 0.2) is 55.1 Å². The Morgan fingerprint density at radius 2 is 1.55 bits per heavy atom. The van der Waals surface area contributed by atoms with Crippen molar-refractivity contribution in [3.8, 4) is 0 Å². The van der Waals surface area contributed by atoms with Gasteiger partial charge in [-0.25, -0.2) is 0 Å². The van der Waals surface area contributed by atoms with Crippen molar-refractivity contribution in [2.24, 2.45) is 0 Å². The normalized spacial score (nSPS) is 9.86. The molecule has 0 spiro atoms. The lowest BCUT2D eigenvalue weighted by atomic mass is 10.2. The zero-order valence-corrected chi connectivity index (χ0v) is 17.0. The predicted octanol–water partition coefficient (Wildman–Crippen LogP) is 5.65. The Bertz CT molecular complexity index is 634. The summed E-state index contributed by atoms with van der Waals surface area (Å²) in [6, 6.07) is 11.5. The Kier molecular flexibility index (Phi) is 9.43. The van der Waals surface area contributed by atoms with Crippen LogP contribution in [-0.4, -0.2) is 23.9 Å². The van der Waals surface area contributed by atoms with Gasteiger partial charge in [0.05, 0.1) is 6.61 Å². The minimum Gasteiger partial charge on any atom is -0.392 e. The van der Waals surface area contributed by atoms with E-state index in [0.29, 0.717) is 0 Å². The summed E-state index contributed by atoms with van der Waals surface area (Å²) in [7, 11) is 0. The number of carbonyl (C=O) groups excluding carboxylic acids is 1. The molecule has 0 unspecified atom stereocenters. The van der Waals surface area contributed by atoms with Gasteiger partial charge in [0.1, 0.15) is 0 Å². The fraction of sp³-hybridized carbons (Fsp3) is 0.188. The number of carbonyl (C=O) groups is 1. The highest BCUT2D eigenvalue weighted by atomic mass is 79.9. The monoisotopic (exact) mass is 462 g/mol. The molecule has 2 aromatic rings. The van der Waals surface area contributed by atoms with E-state index in [1.165, 1.54) is 0 Å². The molecule has 2 rings (SSSR count). The summed E-state index contributed by atoms with van der Waals surface area (Å²) in [6.45, 7) is 0.115. The molecular formula is C16H16Br2O2S2. The van der Waals surface area contributed by atoms with Gasteiger partial charge in [-0.15, -0.1) is 23.5 Å². The summed E-state index contributed by atoms with van der Waals surface area (Å²) >= 11 is 9.93. The molecule has 0 radical (unpaired) electrons. The molecule has 22 heavy (non-hydrogen) atoms. The van der Waals surface area contributed by atoms with E-state index in [-0.39, 0.29) is 6.61 Å². The van der Waals surface area contributed by atoms with Crippen molar-refractivity contribution in [3.05, 3.63) is 56.5 Å². The molecule has 0 aliphatic carbocycles. The summed E-state index contributed by atoms with van der Waals surface area (Å²) in [5.41, 5.74) is 1.74. The van der Waals surface area contributed by atoms with Gasteiger partial charge in [-0.2, -0.15) is 0 Å². The summed E-state index contributed by atoms with van der Waals surface area (Å²) in [5, 5.41) is 8.91. The quantitative estimate of drug-likeness (QED) is 0.469. The number of hydrogen-bond acceptors (Lipinski definition) is 4. The van der Waals surface area contributed by atoms with Gasteiger partial charge in [0.15, 0.2) is 6.29 Å². The first-order valence-corrected chi connectivity index (χ1v) is 10.3. The molecule has 0 saturated heterocycles. The van der Waals surface area contributed by atoms with Crippen molar-refractivity contribution >= 4 is 61.7 Å². The van der Waals surface area contributed by atoms with E-state index in [0.717, 1.165) is 36.1 Å². The average Bonchev–Trinajstić information content (AvgIpc) is 2.55. The van der Waals surface area contributed by atoms with Gasteiger partial charge < -0.3 is 5.11 Å². The van der Waals surface area contributed by atoms with Crippen molar-refractivity contribution in [2.75, 3.05) is 12.5 Å². The van der Waals surface area contributed by atoms with Crippen molar-refractivity contribution in [3.63, 3.8) is 0 Å². The molecule has 0 aromatic heterocycles. The average molecular weight is 464 g/mol. The molecule has 0 heterocycles. The third-order valence-electron chi connectivity index (χ3n) is 2.74. The van der Waals surface area contributed by atoms with Crippen LogP contribution in [0.3, 0.4) is 0 Å². The molecule has 0 amide bonds. The lowest BCUT2D eigenvalue weighted by Gasteiger charge is -2.03. The van der Waals surface area contributed by atoms with Gasteiger partial charge in [-0.3, -0.25) is 4.79 Å². The Labute approximate surface area is 156 Å². The maximum atomic E-state index is 10.5. The van der Waals surface area contributed by atoms with Gasteiger partial charge in [-0.05, 0) is 48.4 Å². The molecular weight excluding hydrogens is 448 g/mol. The third kappa shape index (κ3) is 6.08. The fourth-order valence-corrected chi connectivity index (χ4v) is 3.89. The van der Waals surface area contributed by atoms with Crippen LogP contribution in [0.4, 0.5) is 0 Å². The fourth-order valence-electron chi connectivity index (χ4n) is 1.63. The number of rotatable bonds is 4. The van der Waals surface area contributed by atoms with E-state index in [1.54, 1.807) is 23.5 Å². The topological polar surface area (TPSA) is 37.3 Å². The number of aliphatic hydroxyl groups is 1. The van der Waals surface area contributed by atoms with Crippen LogP contribution in [0.5, 0.6) is 0 Å². The van der Waals surface area contributed by atoms with Crippen LogP contribution in [0, 0.1) is 0 Å². The second-order valence-corrected chi connectivity index (χ2v) is 7.65. The van der Waals surface area contributed by atoms with E-state index >= 15 is 0 Å². The lowest BCUT2D eigenvalue weighted by Crippen LogP contribution is -1.85. The first-order valence-electron chi connectivity index (χ1n) is 6.27. The summed E-state index contributed by atoms with van der Waals surface area (Å²) in [6.07, 6.45) is 4.83. The maximum absolute atomic E-state index is 10.5. The molecule has 0 saturated carbocycles. The molecule has 118 valence electrons. The van der Waals surface area contributed by atoms with Gasteiger partial charge in [0.25, 0.3) is 0 Å². The highest BCUT2D eigenvalue weighted by molar-refractivity contribution is 9.10. The summed E-state index contributed by atoms with van der Waals surface area (Å²) in [4.78, 5) is 12.6. The number of halogens is 2. The molecule has 1 N–H and O–H groups in total. The summed E-state index contributed by atoms with van der Waals surface area (Å²) < 4.78 is 2.06. The Hall–Kier alpha value is -0.270. The van der Waals surface area contributed by atoms with Crippen molar-refractivity contribution in [2.45, 2.75) is 16.4 Å². The highest BCUT2D eigenvalue weighted by Crippen LogP contribution is 2.24. The first kappa shape index (κ1) is 19.8. The Morgan fingerprint density at radius 3 is 2.05 bits per heavy atom. The second-order valence-electron chi connectivity index (χ2n) is 4.12. The van der Waals surface area contributed by atoms with Crippen LogP contribution in [0.1, 0.15) is 15.9 Å². The molecule has 0 fully saturated rings. The largest absolute Gasteiger partial charge is 0.392 e. The molecule has 0 aliphatic heterocycles. The zero-order valence-electron chi connectivity index (χ0n) is 12.2. The molecule has 2 nitrogen and oxygen atoms in total. The van der Waals surface area contributed by atoms with E-state index in [9.17, 15) is 4.79 Å². The lowest BCUT2D eigenvalue weighted by molar-refractivity contribution is 0.112. The van der Waals surface area contributed by atoms with E-state index in [2.05, 4.69) is 31.9 Å². The van der Waals surface area contributed by atoms with E-state index < -0.39 is 0 Å². The minimum atomic E-state index is 0.115. The first-order chi connectivity index (χ1) is 10.5. The molecule has 2 aromatic carbocycles. The Balaban J connectivity index is 0.000000220. The van der Waals surface area contributed by atoms with Crippen LogP contribution >= 0.6 is 55.4 Å². The van der Waals surface area contributed by atoms with Crippen LogP contribution < -0.4 is 0 Å². The van der Waals surface area contributed by atoms with Crippen molar-refractivity contribution < 1.29 is 9.90 Å². The number of benzene rings is 2. The van der Waals surface area contributed by atoms with Crippen LogP contribution in [-0.2, 0) is 6.61 Å². The smallest absolute Gasteiger partial charge is 0.151 e. The highest BCUT2D eigenvalue weighted by Gasteiger charge is 2.00. The zero-order chi connectivity index (χ0) is 16.5. The van der Waals surface area contributed by atoms with E-state index in [1.807, 2.05) is 48.9 Å². The van der Waals surface area contributed by atoms with Crippen LogP contribution in [0.25, 0.3) is 0 Å². The molecule has 6 heteroatoms. The van der Waals surface area contributed by atoms with Gasteiger partial charge in [-0.1, -0.05) is 37.9 Å². The maximum Gasteiger partial charge on any atom is 0.151 e. The third-order valence-corrected chi connectivity index (χ3v) is 5.34. The van der Waals surface area contributed by atoms with Gasteiger partial charge >= 0.3 is 0 Å². The van der Waals surface area contributed by atoms with Crippen molar-refractivity contribution in [1.82, 2.24) is 0 Å². The molecule has 0 aliphatic rings. The second kappa shape index (κ2) is 10.5. The number of aliphatic hydroxyl groups excluding tert-OH is 1. The number of thioether (sulfide) groups is 2. The van der Waals surface area contributed by atoms with Gasteiger partial charge in [0.2, 0.25) is 0 Å². The van der Waals surface area contributed by atoms with E-state index in [4.69, 9.17) is 5.11 Å². The van der Waals surface area contributed by atoms with Gasteiger partial charge in [0, 0.05) is 24.3 Å². The summed E-state index contributed by atoms with van der Waals surface area (Å²) in [5.74, 6) is 0. The Morgan fingerprint density at radius 1 is 1.00 bits per heavy atom. The SMILES string of the molecule is CSc1cc(Br)ccc1C=O.CSc1cc(Br)ccc1CO. The molecule has 0 bridgehead atoms. The number of hydrogen-bond donors (Lipinski definition) is 1. The standard InChI is InChI=1S/C8H9BrOS.C8H7BrOS/c2*1-11-8-4-7(9)3-2-6(8)5-10/h2-4,10H,5H2,1H3;2-5H,1H3.